The highest BCUT2D eigenvalue weighted by Crippen LogP contribution is 2.25. The number of allylic oxidation sites excluding steroid dienone is 1. The topological polar surface area (TPSA) is 82.2 Å². The Balaban J connectivity index is 1.74. The molecule has 1 aromatic carbocycles. The third-order valence-electron chi connectivity index (χ3n) is 7.41. The molecule has 39 heavy (non-hydrogen) atoms. The van der Waals surface area contributed by atoms with Crippen molar-refractivity contribution in [2.24, 2.45) is 5.92 Å². The summed E-state index contributed by atoms with van der Waals surface area (Å²) in [6.07, 6.45) is 5.90. The molecule has 2 saturated heterocycles. The van der Waals surface area contributed by atoms with Gasteiger partial charge in [-0.05, 0) is 57.6 Å². The maximum Gasteiger partial charge on any atom is 0.249 e. The van der Waals surface area contributed by atoms with Gasteiger partial charge < -0.3 is 19.9 Å². The Kier molecular flexibility index (Phi) is 12.5. The Morgan fingerprint density at radius 3 is 2.49 bits per heavy atom. The first-order valence-electron chi connectivity index (χ1n) is 14.6. The molecule has 216 valence electrons. The van der Waals surface area contributed by atoms with E-state index in [1.54, 1.807) is 4.90 Å². The fourth-order valence-electron chi connectivity index (χ4n) is 5.32. The number of amides is 3. The summed E-state index contributed by atoms with van der Waals surface area (Å²) >= 11 is 0. The van der Waals surface area contributed by atoms with Crippen molar-refractivity contribution in [3.05, 3.63) is 47.5 Å². The largest absolute Gasteiger partial charge is 0.367 e. The van der Waals surface area contributed by atoms with Crippen LogP contribution in [0.25, 0.3) is 0 Å². The minimum absolute atomic E-state index is 0.0926. The van der Waals surface area contributed by atoms with Crippen molar-refractivity contribution in [2.75, 3.05) is 45.9 Å². The van der Waals surface area contributed by atoms with Gasteiger partial charge in [-0.25, -0.2) is 0 Å². The number of carbonyl (C=O) groups excluding carboxylic acids is 3. The molecule has 0 unspecified atom stereocenters. The average Bonchev–Trinajstić information content (AvgIpc) is 3.33. The molecule has 8 heteroatoms. The molecule has 2 fully saturated rings. The molecule has 3 rings (SSSR count). The van der Waals surface area contributed by atoms with Crippen molar-refractivity contribution in [2.45, 2.75) is 78.5 Å². The lowest BCUT2D eigenvalue weighted by molar-refractivity contribution is -0.142. The smallest absolute Gasteiger partial charge is 0.249 e. The second kappa shape index (κ2) is 15.8. The SMILES string of the molecule is CC(C)=CCN1CCCCNC(=O)[C@@H]2C[C@@H](CN2C(=O)COCc2ccccc2)N(C(=O)CC(C)C)CCC1. The molecule has 1 aromatic rings. The lowest BCUT2D eigenvalue weighted by atomic mass is 10.1. The Hall–Kier alpha value is -2.71. The Morgan fingerprint density at radius 2 is 1.77 bits per heavy atom. The molecule has 8 nitrogen and oxygen atoms in total. The van der Waals surface area contributed by atoms with Crippen LogP contribution in [0.1, 0.15) is 65.4 Å². The third kappa shape index (κ3) is 10.1. The van der Waals surface area contributed by atoms with E-state index in [1.165, 1.54) is 5.57 Å². The summed E-state index contributed by atoms with van der Waals surface area (Å²) in [5.41, 5.74) is 2.29. The summed E-state index contributed by atoms with van der Waals surface area (Å²) in [6.45, 7) is 12.9. The summed E-state index contributed by atoms with van der Waals surface area (Å²) < 4.78 is 5.73. The number of nitrogens with zero attached hydrogens (tertiary/aromatic N) is 3. The lowest BCUT2D eigenvalue weighted by Gasteiger charge is -2.31. The normalized spacial score (nSPS) is 21.4. The van der Waals surface area contributed by atoms with Gasteiger partial charge in [0.05, 0.1) is 12.6 Å². The molecule has 2 bridgehead atoms. The highest BCUT2D eigenvalue weighted by atomic mass is 16.5. The molecule has 1 N–H and O–H groups in total. The van der Waals surface area contributed by atoms with Gasteiger partial charge in [0.2, 0.25) is 17.7 Å². The van der Waals surface area contributed by atoms with Crippen molar-refractivity contribution in [3.63, 3.8) is 0 Å². The molecule has 3 amide bonds. The predicted octanol–water partition coefficient (Wildman–Crippen LogP) is 3.62. The molecule has 2 heterocycles. The molecule has 0 radical (unpaired) electrons. The number of benzene rings is 1. The molecule has 0 spiro atoms. The summed E-state index contributed by atoms with van der Waals surface area (Å²) in [5, 5.41) is 3.06. The lowest BCUT2D eigenvalue weighted by Crippen LogP contribution is -2.47. The summed E-state index contributed by atoms with van der Waals surface area (Å²) in [7, 11) is 0. The van der Waals surface area contributed by atoms with Crippen LogP contribution in [0.4, 0.5) is 0 Å². The van der Waals surface area contributed by atoms with E-state index in [-0.39, 0.29) is 36.3 Å². The first kappa shape index (κ1) is 30.8. The third-order valence-corrected chi connectivity index (χ3v) is 7.41. The van der Waals surface area contributed by atoms with Gasteiger partial charge in [0.1, 0.15) is 12.6 Å². The molecule has 0 aromatic heterocycles. The summed E-state index contributed by atoms with van der Waals surface area (Å²) in [4.78, 5) is 46.0. The number of ether oxygens (including phenoxy) is 1. The van der Waals surface area contributed by atoms with Crippen molar-refractivity contribution < 1.29 is 19.1 Å². The maximum absolute atomic E-state index is 13.4. The van der Waals surface area contributed by atoms with E-state index in [4.69, 9.17) is 4.74 Å². The van der Waals surface area contributed by atoms with Crippen LogP contribution in [0.15, 0.2) is 42.0 Å². The van der Waals surface area contributed by atoms with E-state index in [1.807, 2.05) is 49.1 Å². The zero-order valence-corrected chi connectivity index (χ0v) is 24.4. The van der Waals surface area contributed by atoms with Crippen LogP contribution in [0.5, 0.6) is 0 Å². The second-order valence-corrected chi connectivity index (χ2v) is 11.5. The Labute approximate surface area is 234 Å². The van der Waals surface area contributed by atoms with Gasteiger partial charge in [0, 0.05) is 39.1 Å². The van der Waals surface area contributed by atoms with Crippen LogP contribution in [-0.2, 0) is 25.7 Å². The van der Waals surface area contributed by atoms with E-state index in [0.29, 0.717) is 39.1 Å². The maximum atomic E-state index is 13.4. The average molecular weight is 541 g/mol. The van der Waals surface area contributed by atoms with Gasteiger partial charge >= 0.3 is 0 Å². The molecule has 2 aliphatic heterocycles. The van der Waals surface area contributed by atoms with E-state index < -0.39 is 6.04 Å². The molecule has 0 saturated carbocycles. The van der Waals surface area contributed by atoms with Crippen LogP contribution < -0.4 is 5.32 Å². The first-order chi connectivity index (χ1) is 18.7. The van der Waals surface area contributed by atoms with E-state index in [2.05, 4.69) is 30.1 Å². The van der Waals surface area contributed by atoms with Crippen molar-refractivity contribution in [1.82, 2.24) is 20.0 Å². The summed E-state index contributed by atoms with van der Waals surface area (Å²) in [5.74, 6) is 0.00165. The van der Waals surface area contributed by atoms with Gasteiger partial charge in [0.15, 0.2) is 0 Å². The fraction of sp³-hybridized carbons (Fsp3) is 0.645. The van der Waals surface area contributed by atoms with Gasteiger partial charge in [-0.1, -0.05) is 55.8 Å². The number of hydrogen-bond donors (Lipinski definition) is 1. The molecule has 2 aliphatic rings. The standard InChI is InChI=1S/C31H48N4O4/c1-24(2)13-18-33-15-9-8-14-32-31(38)28-20-27(34(17-10-16-33)29(36)19-25(3)4)21-35(28)30(37)23-39-22-26-11-6-5-7-12-26/h5-7,11-13,25,27-28H,8-10,14-23H2,1-4H3,(H,32,38)/t27-,28-/m0/s1. The van der Waals surface area contributed by atoms with E-state index >= 15 is 0 Å². The quantitative estimate of drug-likeness (QED) is 0.510. The van der Waals surface area contributed by atoms with E-state index in [0.717, 1.165) is 44.5 Å². The van der Waals surface area contributed by atoms with E-state index in [9.17, 15) is 14.4 Å². The Morgan fingerprint density at radius 1 is 1.03 bits per heavy atom. The number of likely N-dealkylation sites (tertiary alicyclic amines) is 1. The number of carbonyl (C=O) groups is 3. The van der Waals surface area contributed by atoms with Crippen molar-refractivity contribution in [1.29, 1.82) is 0 Å². The zero-order valence-electron chi connectivity index (χ0n) is 24.4. The first-order valence-corrected chi connectivity index (χ1v) is 14.6. The number of rotatable bonds is 8. The number of fused-ring (bicyclic) bond motifs is 2. The highest BCUT2D eigenvalue weighted by Gasteiger charge is 2.42. The summed E-state index contributed by atoms with van der Waals surface area (Å²) in [6, 6.07) is 8.96. The Bertz CT molecular complexity index is 961. The van der Waals surface area contributed by atoms with Crippen LogP contribution in [0.3, 0.4) is 0 Å². The predicted molar refractivity (Wildman–Crippen MR) is 154 cm³/mol. The van der Waals surface area contributed by atoms with Crippen LogP contribution in [-0.4, -0.2) is 90.4 Å². The molecular formula is C31H48N4O4. The van der Waals surface area contributed by atoms with Gasteiger partial charge in [-0.3, -0.25) is 19.3 Å². The van der Waals surface area contributed by atoms with Gasteiger partial charge in [-0.15, -0.1) is 0 Å². The number of hydrogen-bond acceptors (Lipinski definition) is 5. The second-order valence-electron chi connectivity index (χ2n) is 11.5. The zero-order chi connectivity index (χ0) is 28.2. The van der Waals surface area contributed by atoms with Gasteiger partial charge in [0.25, 0.3) is 0 Å². The minimum Gasteiger partial charge on any atom is -0.367 e. The van der Waals surface area contributed by atoms with Crippen LogP contribution in [0.2, 0.25) is 0 Å². The molecule has 2 atom stereocenters. The molecular weight excluding hydrogens is 492 g/mol. The van der Waals surface area contributed by atoms with Crippen LogP contribution >= 0.6 is 0 Å². The van der Waals surface area contributed by atoms with Gasteiger partial charge in [-0.2, -0.15) is 0 Å². The highest BCUT2D eigenvalue weighted by molar-refractivity contribution is 5.89. The number of nitrogens with one attached hydrogen (secondary N) is 1. The van der Waals surface area contributed by atoms with Crippen molar-refractivity contribution >= 4 is 17.7 Å². The monoisotopic (exact) mass is 540 g/mol. The fourth-order valence-corrected chi connectivity index (χ4v) is 5.32. The minimum atomic E-state index is -0.589. The molecule has 0 aliphatic carbocycles. The van der Waals surface area contributed by atoms with Crippen LogP contribution in [0, 0.1) is 5.92 Å². The van der Waals surface area contributed by atoms with Crippen molar-refractivity contribution in [3.8, 4) is 0 Å².